The second-order valence-corrected chi connectivity index (χ2v) is 6.99. The summed E-state index contributed by atoms with van der Waals surface area (Å²) in [6.07, 6.45) is 5.85. The van der Waals surface area contributed by atoms with Crippen LogP contribution in [0.4, 0.5) is 0 Å². The topological polar surface area (TPSA) is 50.4 Å². The fourth-order valence-electron chi connectivity index (χ4n) is 2.96. The number of hydrogen-bond acceptors (Lipinski definition) is 2. The van der Waals surface area contributed by atoms with Crippen molar-refractivity contribution in [2.75, 3.05) is 14.1 Å². The minimum absolute atomic E-state index is 0. The van der Waals surface area contributed by atoms with E-state index in [1.807, 2.05) is 60.0 Å². The Balaban J connectivity index is 0.00000280. The quantitative estimate of drug-likeness (QED) is 0.311. The fourth-order valence-corrected chi connectivity index (χ4v) is 3.23. The molecular weight excluding hydrogens is 487 g/mol. The molecule has 0 unspecified atom stereocenters. The molecule has 0 amide bonds. The molecule has 0 saturated carbocycles. The highest BCUT2D eigenvalue weighted by atomic mass is 127. The lowest BCUT2D eigenvalue weighted by atomic mass is 10.2. The maximum Gasteiger partial charge on any atom is 0.194 e. The molecule has 28 heavy (non-hydrogen) atoms. The number of nitrogens with zero attached hydrogens (tertiary/aromatic N) is 5. The van der Waals surface area contributed by atoms with E-state index in [0.717, 1.165) is 35.3 Å². The van der Waals surface area contributed by atoms with E-state index in [1.54, 1.807) is 7.05 Å². The van der Waals surface area contributed by atoms with Crippen LogP contribution in [0, 0.1) is 0 Å². The van der Waals surface area contributed by atoms with Gasteiger partial charge in [0, 0.05) is 51.3 Å². The van der Waals surface area contributed by atoms with Gasteiger partial charge in [0.05, 0.1) is 24.3 Å². The summed E-state index contributed by atoms with van der Waals surface area (Å²) in [6, 6.07) is 12.3. The Labute approximate surface area is 188 Å². The van der Waals surface area contributed by atoms with Crippen molar-refractivity contribution >= 4 is 41.5 Å². The first-order chi connectivity index (χ1) is 13.0. The Bertz CT molecular complexity index is 903. The highest BCUT2D eigenvalue weighted by Gasteiger charge is 2.10. The first kappa shape index (κ1) is 22.3. The summed E-state index contributed by atoms with van der Waals surface area (Å²) < 4.78 is 3.98. The average molecular weight is 513 g/mol. The molecule has 1 aromatic carbocycles. The number of aromatic nitrogens is 3. The summed E-state index contributed by atoms with van der Waals surface area (Å²) >= 11 is 6.07. The van der Waals surface area contributed by atoms with E-state index in [9.17, 15) is 0 Å². The molecular formula is C20H26ClIN6. The molecule has 2 aromatic heterocycles. The summed E-state index contributed by atoms with van der Waals surface area (Å²) in [7, 11) is 5.79. The van der Waals surface area contributed by atoms with Crippen LogP contribution in [0.3, 0.4) is 0 Å². The average Bonchev–Trinajstić information content (AvgIpc) is 3.22. The lowest BCUT2D eigenvalue weighted by Crippen LogP contribution is -2.38. The van der Waals surface area contributed by atoms with E-state index in [-0.39, 0.29) is 24.0 Å². The maximum absolute atomic E-state index is 6.07. The van der Waals surface area contributed by atoms with E-state index < -0.39 is 0 Å². The van der Waals surface area contributed by atoms with Crippen LogP contribution in [0.25, 0.3) is 0 Å². The maximum atomic E-state index is 6.07. The van der Waals surface area contributed by atoms with Crippen LogP contribution in [0.1, 0.15) is 16.8 Å². The van der Waals surface area contributed by atoms with Crippen molar-refractivity contribution in [2.24, 2.45) is 12.0 Å². The van der Waals surface area contributed by atoms with Gasteiger partial charge in [-0.25, -0.2) is 0 Å². The Morgan fingerprint density at radius 2 is 1.96 bits per heavy atom. The zero-order chi connectivity index (χ0) is 19.2. The molecule has 6 nitrogen and oxygen atoms in total. The molecule has 0 aliphatic carbocycles. The number of aliphatic imine (C=N–C) groups is 1. The molecule has 0 spiro atoms. The Kier molecular flexibility index (Phi) is 8.37. The van der Waals surface area contributed by atoms with Gasteiger partial charge in [0.15, 0.2) is 5.96 Å². The molecule has 0 saturated heterocycles. The number of nitrogens with one attached hydrogen (secondary N) is 1. The number of rotatable bonds is 6. The summed E-state index contributed by atoms with van der Waals surface area (Å²) in [4.78, 5) is 6.44. The van der Waals surface area contributed by atoms with Gasteiger partial charge in [-0.1, -0.05) is 41.9 Å². The van der Waals surface area contributed by atoms with Crippen molar-refractivity contribution in [1.82, 2.24) is 24.6 Å². The van der Waals surface area contributed by atoms with E-state index in [1.165, 1.54) is 5.56 Å². The highest BCUT2D eigenvalue weighted by molar-refractivity contribution is 14.0. The normalized spacial score (nSPS) is 11.2. The van der Waals surface area contributed by atoms with Gasteiger partial charge >= 0.3 is 0 Å². The van der Waals surface area contributed by atoms with E-state index in [2.05, 4.69) is 38.6 Å². The number of aryl methyl sites for hydroxylation is 1. The standard InChI is InChI=1S/C20H25ClN6.HI/c1-22-20(26(3)15-19-9-18(21)14-25(19)2)23-10-17-11-24-27(13-17)12-16-7-5-4-6-8-16;/h4-9,11,13-14H,10,12,15H2,1-3H3,(H,22,23);1H. The van der Waals surface area contributed by atoms with E-state index in [0.29, 0.717) is 6.54 Å². The lowest BCUT2D eigenvalue weighted by molar-refractivity contribution is 0.461. The first-order valence-electron chi connectivity index (χ1n) is 8.83. The van der Waals surface area contributed by atoms with Gasteiger partial charge in [-0.15, -0.1) is 24.0 Å². The van der Waals surface area contributed by atoms with Gasteiger partial charge < -0.3 is 14.8 Å². The van der Waals surface area contributed by atoms with Crippen LogP contribution < -0.4 is 5.32 Å². The molecule has 3 aromatic rings. The Hall–Kier alpha value is -2.00. The van der Waals surface area contributed by atoms with E-state index >= 15 is 0 Å². The third-order valence-electron chi connectivity index (χ3n) is 4.37. The van der Waals surface area contributed by atoms with Gasteiger partial charge in [0.1, 0.15) is 0 Å². The molecule has 0 bridgehead atoms. The second kappa shape index (κ2) is 10.5. The highest BCUT2D eigenvalue weighted by Crippen LogP contribution is 2.14. The largest absolute Gasteiger partial charge is 0.352 e. The predicted octanol–water partition coefficient (Wildman–Crippen LogP) is 3.75. The van der Waals surface area contributed by atoms with Gasteiger partial charge in [-0.2, -0.15) is 5.10 Å². The molecule has 1 N–H and O–H groups in total. The summed E-state index contributed by atoms with van der Waals surface area (Å²) in [5, 5.41) is 8.58. The number of benzene rings is 1. The molecule has 8 heteroatoms. The summed E-state index contributed by atoms with van der Waals surface area (Å²) in [6.45, 7) is 2.15. The lowest BCUT2D eigenvalue weighted by Gasteiger charge is -2.22. The SMILES string of the molecule is CN=C(NCc1cnn(Cc2ccccc2)c1)N(C)Cc1cc(Cl)cn1C.I. The molecule has 3 rings (SSSR count). The van der Waals surface area contributed by atoms with E-state index in [4.69, 9.17) is 11.6 Å². The van der Waals surface area contributed by atoms with Gasteiger partial charge in [-0.3, -0.25) is 9.67 Å². The molecule has 0 aliphatic rings. The molecule has 0 radical (unpaired) electrons. The third-order valence-corrected chi connectivity index (χ3v) is 4.58. The zero-order valence-corrected chi connectivity index (χ0v) is 19.4. The molecule has 2 heterocycles. The zero-order valence-electron chi connectivity index (χ0n) is 16.3. The minimum Gasteiger partial charge on any atom is -0.352 e. The van der Waals surface area contributed by atoms with Crippen LogP contribution in [0.5, 0.6) is 0 Å². The third kappa shape index (κ3) is 6.00. The van der Waals surface area contributed by atoms with Crippen LogP contribution in [0.15, 0.2) is 60.0 Å². The Morgan fingerprint density at radius 3 is 2.61 bits per heavy atom. The van der Waals surface area contributed by atoms with Gasteiger partial charge in [0.2, 0.25) is 0 Å². The van der Waals surface area contributed by atoms with Gasteiger partial charge in [-0.05, 0) is 11.6 Å². The van der Waals surface area contributed by atoms with Crippen molar-refractivity contribution < 1.29 is 0 Å². The van der Waals surface area contributed by atoms with Crippen LogP contribution in [-0.2, 0) is 26.7 Å². The van der Waals surface area contributed by atoms with Crippen LogP contribution in [0.2, 0.25) is 5.02 Å². The summed E-state index contributed by atoms with van der Waals surface area (Å²) in [5.74, 6) is 0.822. The first-order valence-corrected chi connectivity index (χ1v) is 9.20. The number of guanidine groups is 1. The molecule has 0 atom stereocenters. The molecule has 150 valence electrons. The molecule has 0 aliphatic heterocycles. The van der Waals surface area contributed by atoms with Crippen molar-refractivity contribution in [3.8, 4) is 0 Å². The second-order valence-electron chi connectivity index (χ2n) is 6.55. The number of halogens is 2. The van der Waals surface area contributed by atoms with Crippen molar-refractivity contribution in [3.05, 3.63) is 76.8 Å². The van der Waals surface area contributed by atoms with Crippen molar-refractivity contribution in [3.63, 3.8) is 0 Å². The van der Waals surface area contributed by atoms with Crippen LogP contribution in [-0.4, -0.2) is 39.3 Å². The fraction of sp³-hybridized carbons (Fsp3) is 0.300. The van der Waals surface area contributed by atoms with Crippen LogP contribution >= 0.6 is 35.6 Å². The smallest absolute Gasteiger partial charge is 0.194 e. The minimum atomic E-state index is 0. The summed E-state index contributed by atoms with van der Waals surface area (Å²) in [5.41, 5.74) is 3.47. The number of hydrogen-bond donors (Lipinski definition) is 1. The molecule has 0 fully saturated rings. The monoisotopic (exact) mass is 512 g/mol. The van der Waals surface area contributed by atoms with Crippen molar-refractivity contribution in [1.29, 1.82) is 0 Å². The predicted molar refractivity (Wildman–Crippen MR) is 125 cm³/mol. The van der Waals surface area contributed by atoms with Crippen molar-refractivity contribution in [2.45, 2.75) is 19.6 Å². The van der Waals surface area contributed by atoms with Gasteiger partial charge in [0.25, 0.3) is 0 Å². The Morgan fingerprint density at radius 1 is 1.21 bits per heavy atom.